The first-order valence-corrected chi connectivity index (χ1v) is 7.22. The molecule has 0 aliphatic rings. The molecule has 0 rings (SSSR count). The second kappa shape index (κ2) is 11.8. The second-order valence-electron chi connectivity index (χ2n) is 5.12. The van der Waals surface area contributed by atoms with Crippen LogP contribution in [0.15, 0.2) is 47.1 Å². The smallest absolute Gasteiger partial charge is 0.310 e. The van der Waals surface area contributed by atoms with Crippen molar-refractivity contribution in [3.63, 3.8) is 0 Å². The summed E-state index contributed by atoms with van der Waals surface area (Å²) in [6.45, 7) is 8.43. The Morgan fingerprint density at radius 3 is 2.52 bits per heavy atom. The molecule has 0 aromatic heterocycles. The maximum Gasteiger partial charge on any atom is 0.310 e. The van der Waals surface area contributed by atoms with Gasteiger partial charge in [-0.05, 0) is 58.3 Å². The largest absolute Gasteiger partial charge is 0.461 e. The van der Waals surface area contributed by atoms with Crippen LogP contribution < -0.4 is 0 Å². The van der Waals surface area contributed by atoms with E-state index in [2.05, 4.69) is 32.8 Å². The molecule has 0 aliphatic carbocycles. The van der Waals surface area contributed by atoms with Crippen LogP contribution in [-0.2, 0) is 9.53 Å². The van der Waals surface area contributed by atoms with E-state index in [4.69, 9.17) is 11.2 Å². The van der Waals surface area contributed by atoms with Crippen LogP contribution in [0, 0.1) is 12.3 Å². The summed E-state index contributed by atoms with van der Waals surface area (Å²) in [5, 5.41) is 0. The average Bonchev–Trinajstić information content (AvgIpc) is 2.38. The number of hydrogen-bond donors (Lipinski definition) is 0. The van der Waals surface area contributed by atoms with E-state index in [9.17, 15) is 4.79 Å². The number of ether oxygens (including phenoxy) is 1. The minimum Gasteiger partial charge on any atom is -0.461 e. The molecule has 0 spiro atoms. The van der Waals surface area contributed by atoms with Crippen molar-refractivity contribution in [1.29, 1.82) is 0 Å². The van der Waals surface area contributed by atoms with Crippen molar-refractivity contribution < 1.29 is 9.53 Å². The van der Waals surface area contributed by atoms with Gasteiger partial charge in [0.2, 0.25) is 0 Å². The summed E-state index contributed by atoms with van der Waals surface area (Å²) in [7, 11) is 0. The van der Waals surface area contributed by atoms with Crippen LogP contribution in [0.1, 0.15) is 47.0 Å². The van der Waals surface area contributed by atoms with Crippen LogP contribution >= 0.6 is 0 Å². The Balaban J connectivity index is 4.16. The molecule has 21 heavy (non-hydrogen) atoms. The fraction of sp³-hybridized carbons (Fsp3) is 0.421. The van der Waals surface area contributed by atoms with Gasteiger partial charge >= 0.3 is 5.97 Å². The third kappa shape index (κ3) is 11.5. The highest BCUT2D eigenvalue weighted by atomic mass is 16.5. The Hall–Kier alpha value is -2.01. The maximum atomic E-state index is 11.7. The standard InChI is InChI=1S/C19H26O2/c1-6-9-18(10-7-2)15-19(20)21-14-13-17(5)12-8-11-16(3)4/h1,7,9-11,13H,8,12,14-15H2,2-5H3/b10-7-,17-13+,18-9+. The van der Waals surface area contributed by atoms with Crippen LogP contribution in [0.4, 0.5) is 0 Å². The summed E-state index contributed by atoms with van der Waals surface area (Å²) in [5.74, 6) is 2.16. The predicted octanol–water partition coefficient (Wildman–Crippen LogP) is 4.75. The normalized spacial score (nSPS) is 12.1. The minimum atomic E-state index is -0.261. The molecule has 0 aliphatic heterocycles. The van der Waals surface area contributed by atoms with Gasteiger partial charge < -0.3 is 4.74 Å². The summed E-state index contributed by atoms with van der Waals surface area (Å²) in [6.07, 6.45) is 16.9. The van der Waals surface area contributed by atoms with E-state index < -0.39 is 0 Å². The quantitative estimate of drug-likeness (QED) is 0.278. The van der Waals surface area contributed by atoms with E-state index in [0.717, 1.165) is 18.4 Å². The maximum absolute atomic E-state index is 11.7. The first-order valence-electron chi connectivity index (χ1n) is 7.22. The first kappa shape index (κ1) is 19.0. The predicted molar refractivity (Wildman–Crippen MR) is 89.7 cm³/mol. The molecule has 0 aromatic rings. The molecule has 0 saturated carbocycles. The molecule has 0 heterocycles. The summed E-state index contributed by atoms with van der Waals surface area (Å²) >= 11 is 0. The monoisotopic (exact) mass is 286 g/mol. The number of hydrogen-bond acceptors (Lipinski definition) is 2. The van der Waals surface area contributed by atoms with Crippen LogP contribution in [0.5, 0.6) is 0 Å². The molecule has 0 saturated heterocycles. The van der Waals surface area contributed by atoms with Crippen molar-refractivity contribution >= 4 is 5.97 Å². The topological polar surface area (TPSA) is 26.3 Å². The zero-order valence-corrected chi connectivity index (χ0v) is 13.6. The molecular weight excluding hydrogens is 260 g/mol. The minimum absolute atomic E-state index is 0.208. The summed E-state index contributed by atoms with van der Waals surface area (Å²) < 4.78 is 5.19. The highest BCUT2D eigenvalue weighted by Crippen LogP contribution is 2.08. The average molecular weight is 286 g/mol. The first-order chi connectivity index (χ1) is 9.99. The number of carbonyl (C=O) groups excluding carboxylic acids is 1. The highest BCUT2D eigenvalue weighted by molar-refractivity contribution is 5.73. The molecule has 0 fully saturated rings. The molecule has 0 amide bonds. The third-order valence-electron chi connectivity index (χ3n) is 2.77. The number of esters is 1. The number of rotatable bonds is 8. The Kier molecular flexibility index (Phi) is 10.7. The molecule has 2 heteroatoms. The van der Waals surface area contributed by atoms with Crippen LogP contribution in [0.25, 0.3) is 0 Å². The van der Waals surface area contributed by atoms with Crippen molar-refractivity contribution in [3.05, 3.63) is 47.1 Å². The lowest BCUT2D eigenvalue weighted by Gasteiger charge is -2.04. The summed E-state index contributed by atoms with van der Waals surface area (Å²) in [5.41, 5.74) is 3.34. The van der Waals surface area contributed by atoms with Crippen molar-refractivity contribution in [2.24, 2.45) is 0 Å². The van der Waals surface area contributed by atoms with E-state index in [1.807, 2.05) is 25.2 Å². The van der Waals surface area contributed by atoms with Gasteiger partial charge in [0.05, 0.1) is 6.42 Å². The van der Waals surface area contributed by atoms with Gasteiger partial charge in [-0.3, -0.25) is 4.79 Å². The number of allylic oxidation sites excluding steroid dienone is 6. The SMILES string of the molecule is C#C/C=C(\C=C/C)CC(=O)OC/C=C(\C)CCC=C(C)C. The lowest BCUT2D eigenvalue weighted by molar-refractivity contribution is -0.141. The Morgan fingerprint density at radius 1 is 1.24 bits per heavy atom. The van der Waals surface area contributed by atoms with E-state index in [-0.39, 0.29) is 12.4 Å². The van der Waals surface area contributed by atoms with E-state index in [0.29, 0.717) is 6.61 Å². The summed E-state index contributed by atoms with van der Waals surface area (Å²) in [4.78, 5) is 11.7. The van der Waals surface area contributed by atoms with Gasteiger partial charge in [-0.1, -0.05) is 35.3 Å². The van der Waals surface area contributed by atoms with Gasteiger partial charge in [0.25, 0.3) is 0 Å². The van der Waals surface area contributed by atoms with Crippen molar-refractivity contribution in [1.82, 2.24) is 0 Å². The molecule has 114 valence electrons. The number of carbonyl (C=O) groups is 1. The van der Waals surface area contributed by atoms with Crippen molar-refractivity contribution in [2.45, 2.75) is 47.0 Å². The lowest BCUT2D eigenvalue weighted by Crippen LogP contribution is -2.05. The van der Waals surface area contributed by atoms with Crippen LogP contribution in [0.2, 0.25) is 0 Å². The Labute approximate surface area is 129 Å². The van der Waals surface area contributed by atoms with Gasteiger partial charge in [-0.15, -0.1) is 6.42 Å². The second-order valence-corrected chi connectivity index (χ2v) is 5.12. The molecule has 0 unspecified atom stereocenters. The highest BCUT2D eigenvalue weighted by Gasteiger charge is 2.04. The molecular formula is C19H26O2. The zero-order chi connectivity index (χ0) is 16.1. The van der Waals surface area contributed by atoms with Gasteiger partial charge in [0.1, 0.15) is 6.61 Å². The molecule has 0 N–H and O–H groups in total. The summed E-state index contributed by atoms with van der Waals surface area (Å²) in [6, 6.07) is 0. The van der Waals surface area contributed by atoms with Crippen molar-refractivity contribution in [2.75, 3.05) is 6.61 Å². The molecule has 0 bridgehead atoms. The fourth-order valence-corrected chi connectivity index (χ4v) is 1.66. The van der Waals surface area contributed by atoms with Gasteiger partial charge in [0.15, 0.2) is 0 Å². The van der Waals surface area contributed by atoms with Gasteiger partial charge in [-0.2, -0.15) is 0 Å². The van der Waals surface area contributed by atoms with Crippen molar-refractivity contribution in [3.8, 4) is 12.3 Å². The third-order valence-corrected chi connectivity index (χ3v) is 2.77. The van der Waals surface area contributed by atoms with Gasteiger partial charge in [0, 0.05) is 0 Å². The van der Waals surface area contributed by atoms with Crippen LogP contribution in [0.3, 0.4) is 0 Å². The molecule has 0 atom stereocenters. The zero-order valence-electron chi connectivity index (χ0n) is 13.6. The Morgan fingerprint density at radius 2 is 1.95 bits per heavy atom. The van der Waals surface area contributed by atoms with E-state index in [1.54, 1.807) is 6.08 Å². The lowest BCUT2D eigenvalue weighted by atomic mass is 10.1. The van der Waals surface area contributed by atoms with E-state index in [1.165, 1.54) is 11.1 Å². The molecule has 2 nitrogen and oxygen atoms in total. The molecule has 0 aromatic carbocycles. The van der Waals surface area contributed by atoms with E-state index >= 15 is 0 Å². The van der Waals surface area contributed by atoms with Gasteiger partial charge in [-0.25, -0.2) is 0 Å². The fourth-order valence-electron chi connectivity index (χ4n) is 1.66. The van der Waals surface area contributed by atoms with Crippen LogP contribution in [-0.4, -0.2) is 12.6 Å². The number of terminal acetylenes is 1. The Bertz CT molecular complexity index is 478. The molecule has 0 radical (unpaired) electrons.